The van der Waals surface area contributed by atoms with Gasteiger partial charge in [0.05, 0.1) is 6.10 Å². The van der Waals surface area contributed by atoms with Gasteiger partial charge in [-0.15, -0.1) is 0 Å². The number of nitrogens with two attached hydrogens (primary N) is 1. The van der Waals surface area contributed by atoms with E-state index in [-0.39, 0.29) is 0 Å². The monoisotopic (exact) mass is 253 g/mol. The number of ether oxygens (including phenoxy) is 1. The summed E-state index contributed by atoms with van der Waals surface area (Å²) in [7, 11) is 0. The maximum Gasteiger partial charge on any atom is 0.119 e. The van der Waals surface area contributed by atoms with Gasteiger partial charge >= 0.3 is 0 Å². The van der Waals surface area contributed by atoms with E-state index < -0.39 is 0 Å². The van der Waals surface area contributed by atoms with Crippen LogP contribution in [0.1, 0.15) is 24.0 Å². The summed E-state index contributed by atoms with van der Waals surface area (Å²) in [5.74, 6) is 0.971. The van der Waals surface area contributed by atoms with Crippen molar-refractivity contribution in [1.29, 1.82) is 0 Å². The normalized spacial score (nSPS) is 14.4. The molecule has 1 aliphatic carbocycles. The van der Waals surface area contributed by atoms with E-state index in [1.54, 1.807) is 0 Å². The van der Waals surface area contributed by atoms with Crippen molar-refractivity contribution in [3.8, 4) is 16.9 Å². The zero-order valence-electron chi connectivity index (χ0n) is 11.2. The smallest absolute Gasteiger partial charge is 0.119 e. The molecule has 1 aliphatic rings. The van der Waals surface area contributed by atoms with Crippen molar-refractivity contribution in [2.24, 2.45) is 5.73 Å². The van der Waals surface area contributed by atoms with Crippen LogP contribution in [-0.4, -0.2) is 6.10 Å². The molecule has 2 aromatic carbocycles. The van der Waals surface area contributed by atoms with Crippen LogP contribution in [-0.2, 0) is 6.54 Å². The van der Waals surface area contributed by atoms with Crippen LogP contribution in [0, 0.1) is 6.92 Å². The Balaban J connectivity index is 1.88. The first-order valence-corrected chi connectivity index (χ1v) is 6.83. The maximum atomic E-state index is 5.77. The molecule has 1 fully saturated rings. The van der Waals surface area contributed by atoms with Gasteiger partial charge in [-0.2, -0.15) is 0 Å². The Kier molecular flexibility index (Phi) is 3.26. The van der Waals surface area contributed by atoms with E-state index in [0.717, 1.165) is 5.75 Å². The fourth-order valence-electron chi connectivity index (χ4n) is 2.20. The van der Waals surface area contributed by atoms with Crippen LogP contribution < -0.4 is 10.5 Å². The minimum absolute atomic E-state index is 0.452. The molecule has 0 spiro atoms. The van der Waals surface area contributed by atoms with E-state index in [1.165, 1.54) is 35.1 Å². The van der Waals surface area contributed by atoms with Gasteiger partial charge in [0, 0.05) is 6.54 Å². The molecule has 1 saturated carbocycles. The van der Waals surface area contributed by atoms with Crippen LogP contribution in [0.15, 0.2) is 42.5 Å². The average Bonchev–Trinajstić information content (AvgIpc) is 3.24. The lowest BCUT2D eigenvalue weighted by Gasteiger charge is -2.10. The van der Waals surface area contributed by atoms with Gasteiger partial charge < -0.3 is 10.5 Å². The molecular formula is C17H19NO. The molecule has 98 valence electrons. The first-order chi connectivity index (χ1) is 9.26. The number of hydrogen-bond acceptors (Lipinski definition) is 2. The summed E-state index contributed by atoms with van der Waals surface area (Å²) in [6.45, 7) is 2.71. The molecule has 0 amide bonds. The minimum Gasteiger partial charge on any atom is -0.490 e. The van der Waals surface area contributed by atoms with E-state index in [2.05, 4.69) is 49.4 Å². The lowest BCUT2D eigenvalue weighted by molar-refractivity contribution is 0.303. The molecule has 2 N–H and O–H groups in total. The second-order valence-electron chi connectivity index (χ2n) is 5.19. The van der Waals surface area contributed by atoms with E-state index in [9.17, 15) is 0 Å². The Morgan fingerprint density at radius 2 is 1.84 bits per heavy atom. The first-order valence-electron chi connectivity index (χ1n) is 6.83. The summed E-state index contributed by atoms with van der Waals surface area (Å²) >= 11 is 0. The highest BCUT2D eigenvalue weighted by atomic mass is 16.5. The van der Waals surface area contributed by atoms with Crippen LogP contribution in [0.2, 0.25) is 0 Å². The molecule has 0 heterocycles. The highest BCUT2D eigenvalue weighted by molar-refractivity contribution is 5.68. The fourth-order valence-corrected chi connectivity index (χ4v) is 2.20. The summed E-state index contributed by atoms with van der Waals surface area (Å²) in [5, 5.41) is 0. The van der Waals surface area contributed by atoms with Gasteiger partial charge in [-0.3, -0.25) is 0 Å². The van der Waals surface area contributed by atoms with Crippen molar-refractivity contribution in [3.63, 3.8) is 0 Å². The summed E-state index contributed by atoms with van der Waals surface area (Å²) in [6, 6.07) is 14.8. The number of benzene rings is 2. The van der Waals surface area contributed by atoms with Crippen molar-refractivity contribution in [2.75, 3.05) is 0 Å². The van der Waals surface area contributed by atoms with Gasteiger partial charge in [-0.05, 0) is 60.2 Å². The molecule has 0 aromatic heterocycles. The third kappa shape index (κ3) is 2.79. The van der Waals surface area contributed by atoms with E-state index in [1.807, 2.05) is 0 Å². The van der Waals surface area contributed by atoms with Crippen LogP contribution in [0.4, 0.5) is 0 Å². The predicted molar refractivity (Wildman–Crippen MR) is 78.2 cm³/mol. The van der Waals surface area contributed by atoms with Crippen LogP contribution >= 0.6 is 0 Å². The third-order valence-corrected chi connectivity index (χ3v) is 3.53. The van der Waals surface area contributed by atoms with Crippen molar-refractivity contribution in [3.05, 3.63) is 53.6 Å². The summed E-state index contributed by atoms with van der Waals surface area (Å²) in [4.78, 5) is 0. The van der Waals surface area contributed by atoms with Crippen molar-refractivity contribution >= 4 is 0 Å². The van der Waals surface area contributed by atoms with Gasteiger partial charge in [-0.1, -0.05) is 24.3 Å². The summed E-state index contributed by atoms with van der Waals surface area (Å²) < 4.78 is 5.77. The lowest BCUT2D eigenvalue weighted by atomic mass is 9.98. The first kappa shape index (κ1) is 12.2. The molecule has 0 saturated heterocycles. The Morgan fingerprint density at radius 1 is 1.11 bits per heavy atom. The summed E-state index contributed by atoms with van der Waals surface area (Å²) in [5.41, 5.74) is 10.6. The van der Waals surface area contributed by atoms with Crippen LogP contribution in [0.5, 0.6) is 5.75 Å². The topological polar surface area (TPSA) is 35.2 Å². The van der Waals surface area contributed by atoms with E-state index >= 15 is 0 Å². The second kappa shape index (κ2) is 5.06. The maximum absolute atomic E-state index is 5.77. The Labute approximate surface area is 114 Å². The van der Waals surface area contributed by atoms with E-state index in [4.69, 9.17) is 10.5 Å². The van der Waals surface area contributed by atoms with E-state index in [0.29, 0.717) is 12.6 Å². The highest BCUT2D eigenvalue weighted by Crippen LogP contribution is 2.30. The standard InChI is InChI=1S/C17H19NO/c1-12-2-3-13(11-18)10-17(12)14-4-6-15(7-5-14)19-16-8-9-16/h2-7,10,16H,8-9,11,18H2,1H3. The Hall–Kier alpha value is -1.80. The zero-order valence-corrected chi connectivity index (χ0v) is 11.2. The molecule has 2 nitrogen and oxygen atoms in total. The quantitative estimate of drug-likeness (QED) is 0.902. The molecule has 0 unspecified atom stereocenters. The second-order valence-corrected chi connectivity index (χ2v) is 5.19. The molecule has 19 heavy (non-hydrogen) atoms. The molecule has 2 aromatic rings. The van der Waals surface area contributed by atoms with Crippen molar-refractivity contribution < 1.29 is 4.74 Å². The molecule has 2 heteroatoms. The van der Waals surface area contributed by atoms with Crippen molar-refractivity contribution in [2.45, 2.75) is 32.4 Å². The van der Waals surface area contributed by atoms with Crippen LogP contribution in [0.3, 0.4) is 0 Å². The van der Waals surface area contributed by atoms with Gasteiger partial charge in [0.15, 0.2) is 0 Å². The Bertz CT molecular complexity index is 570. The molecule has 3 rings (SSSR count). The molecule has 0 bridgehead atoms. The summed E-state index contributed by atoms with van der Waals surface area (Å²) in [6.07, 6.45) is 2.84. The number of aryl methyl sites for hydroxylation is 1. The third-order valence-electron chi connectivity index (χ3n) is 3.53. The predicted octanol–water partition coefficient (Wildman–Crippen LogP) is 3.66. The number of rotatable bonds is 4. The fraction of sp³-hybridized carbons (Fsp3) is 0.294. The van der Waals surface area contributed by atoms with Crippen LogP contribution in [0.25, 0.3) is 11.1 Å². The van der Waals surface area contributed by atoms with Gasteiger partial charge in [0.1, 0.15) is 5.75 Å². The lowest BCUT2D eigenvalue weighted by Crippen LogP contribution is -1.97. The highest BCUT2D eigenvalue weighted by Gasteiger charge is 2.23. The zero-order chi connectivity index (χ0) is 13.2. The molecule has 0 aliphatic heterocycles. The number of hydrogen-bond donors (Lipinski definition) is 1. The van der Waals surface area contributed by atoms with Gasteiger partial charge in [0.25, 0.3) is 0 Å². The molecule has 0 radical (unpaired) electrons. The molecular weight excluding hydrogens is 234 g/mol. The molecule has 0 atom stereocenters. The SMILES string of the molecule is Cc1ccc(CN)cc1-c1ccc(OC2CC2)cc1. The Morgan fingerprint density at radius 3 is 2.47 bits per heavy atom. The average molecular weight is 253 g/mol. The van der Waals surface area contributed by atoms with Gasteiger partial charge in [0.2, 0.25) is 0 Å². The van der Waals surface area contributed by atoms with Gasteiger partial charge in [-0.25, -0.2) is 0 Å². The minimum atomic E-state index is 0.452. The van der Waals surface area contributed by atoms with Crippen molar-refractivity contribution in [1.82, 2.24) is 0 Å². The largest absolute Gasteiger partial charge is 0.490 e.